The molecule has 0 aromatic heterocycles. The van der Waals surface area contributed by atoms with Gasteiger partial charge in [0.05, 0.1) is 0 Å². The molecule has 0 atom stereocenters. The molecule has 1 aromatic rings. The van der Waals surface area contributed by atoms with Crippen LogP contribution in [0.25, 0.3) is 0 Å². The van der Waals surface area contributed by atoms with Crippen molar-refractivity contribution >= 4 is 15.9 Å². The highest BCUT2D eigenvalue weighted by molar-refractivity contribution is 9.10. The molecular formula is C13H17BrF3N. The summed E-state index contributed by atoms with van der Waals surface area (Å²) in [4.78, 5) is 0. The van der Waals surface area contributed by atoms with Gasteiger partial charge in [-0.2, -0.15) is 13.2 Å². The summed E-state index contributed by atoms with van der Waals surface area (Å²) in [6.45, 7) is 3.32. The van der Waals surface area contributed by atoms with Crippen molar-refractivity contribution in [3.8, 4) is 0 Å². The van der Waals surface area contributed by atoms with Crippen LogP contribution < -0.4 is 5.32 Å². The molecule has 1 rings (SSSR count). The summed E-state index contributed by atoms with van der Waals surface area (Å²) < 4.78 is 36.7. The fraction of sp³-hybridized carbons (Fsp3) is 0.538. The predicted molar refractivity (Wildman–Crippen MR) is 70.5 cm³/mol. The molecule has 0 saturated heterocycles. The highest BCUT2D eigenvalue weighted by Crippen LogP contribution is 2.22. The Hall–Kier alpha value is -0.550. The van der Waals surface area contributed by atoms with Gasteiger partial charge in [-0.25, -0.2) is 0 Å². The van der Waals surface area contributed by atoms with Crippen LogP contribution in [0.15, 0.2) is 22.7 Å². The SMILES string of the molecule is Cc1cc(CNCCCCC(F)(F)F)ccc1Br. The van der Waals surface area contributed by atoms with E-state index >= 15 is 0 Å². The van der Waals surface area contributed by atoms with Crippen LogP contribution in [0.3, 0.4) is 0 Å². The molecule has 0 saturated carbocycles. The van der Waals surface area contributed by atoms with Crippen LogP contribution in [0, 0.1) is 6.92 Å². The van der Waals surface area contributed by atoms with Gasteiger partial charge in [-0.3, -0.25) is 0 Å². The largest absolute Gasteiger partial charge is 0.389 e. The van der Waals surface area contributed by atoms with Gasteiger partial charge >= 0.3 is 6.18 Å². The highest BCUT2D eigenvalue weighted by Gasteiger charge is 2.25. The maximum Gasteiger partial charge on any atom is 0.389 e. The maximum atomic E-state index is 11.9. The lowest BCUT2D eigenvalue weighted by atomic mass is 10.1. The van der Waals surface area contributed by atoms with Crippen LogP contribution >= 0.6 is 15.9 Å². The molecule has 0 amide bonds. The van der Waals surface area contributed by atoms with Gasteiger partial charge in [0.1, 0.15) is 0 Å². The van der Waals surface area contributed by atoms with E-state index in [9.17, 15) is 13.2 Å². The number of benzene rings is 1. The second kappa shape index (κ2) is 7.14. The number of halogens is 4. The lowest BCUT2D eigenvalue weighted by Crippen LogP contribution is -2.16. The first-order valence-electron chi connectivity index (χ1n) is 5.91. The fourth-order valence-electron chi connectivity index (χ4n) is 1.62. The van der Waals surface area contributed by atoms with E-state index in [1.54, 1.807) is 0 Å². The molecule has 0 heterocycles. The van der Waals surface area contributed by atoms with Gasteiger partial charge in [-0.1, -0.05) is 28.1 Å². The van der Waals surface area contributed by atoms with E-state index in [4.69, 9.17) is 0 Å². The normalized spacial score (nSPS) is 11.8. The van der Waals surface area contributed by atoms with Crippen molar-refractivity contribution in [2.75, 3.05) is 6.54 Å². The molecule has 1 N–H and O–H groups in total. The smallest absolute Gasteiger partial charge is 0.313 e. The molecule has 18 heavy (non-hydrogen) atoms. The summed E-state index contributed by atoms with van der Waals surface area (Å²) in [5.74, 6) is 0. The average Bonchev–Trinajstić information content (AvgIpc) is 2.26. The topological polar surface area (TPSA) is 12.0 Å². The number of rotatable bonds is 6. The molecular weight excluding hydrogens is 307 g/mol. The molecule has 1 aromatic carbocycles. The zero-order valence-corrected chi connectivity index (χ0v) is 11.9. The first-order valence-corrected chi connectivity index (χ1v) is 6.70. The van der Waals surface area contributed by atoms with Crippen LogP contribution in [-0.4, -0.2) is 12.7 Å². The fourth-order valence-corrected chi connectivity index (χ4v) is 1.87. The quantitative estimate of drug-likeness (QED) is 0.755. The van der Waals surface area contributed by atoms with Crippen molar-refractivity contribution < 1.29 is 13.2 Å². The van der Waals surface area contributed by atoms with Crippen LogP contribution in [0.4, 0.5) is 13.2 Å². The lowest BCUT2D eigenvalue weighted by molar-refractivity contribution is -0.135. The minimum Gasteiger partial charge on any atom is -0.313 e. The molecule has 0 unspecified atom stereocenters. The van der Waals surface area contributed by atoms with E-state index in [-0.39, 0.29) is 6.42 Å². The summed E-state index contributed by atoms with van der Waals surface area (Å²) in [7, 11) is 0. The van der Waals surface area contributed by atoms with Crippen LogP contribution in [-0.2, 0) is 6.54 Å². The van der Waals surface area contributed by atoms with E-state index in [1.165, 1.54) is 0 Å². The number of unbranched alkanes of at least 4 members (excludes halogenated alkanes) is 1. The van der Waals surface area contributed by atoms with Gasteiger partial charge in [-0.05, 0) is 43.5 Å². The Morgan fingerprint density at radius 1 is 1.22 bits per heavy atom. The summed E-state index contributed by atoms with van der Waals surface area (Å²) in [6.07, 6.45) is -3.97. The lowest BCUT2D eigenvalue weighted by Gasteiger charge is -2.08. The molecule has 102 valence electrons. The third kappa shape index (κ3) is 6.40. The summed E-state index contributed by atoms with van der Waals surface area (Å²) in [5.41, 5.74) is 2.30. The van der Waals surface area contributed by atoms with Gasteiger partial charge in [0.15, 0.2) is 0 Å². The number of aryl methyl sites for hydroxylation is 1. The van der Waals surface area contributed by atoms with Crippen molar-refractivity contribution in [1.29, 1.82) is 0 Å². The van der Waals surface area contributed by atoms with Gasteiger partial charge in [0, 0.05) is 17.4 Å². The van der Waals surface area contributed by atoms with Gasteiger partial charge in [0.2, 0.25) is 0 Å². The zero-order valence-electron chi connectivity index (χ0n) is 10.3. The number of hydrogen-bond donors (Lipinski definition) is 1. The molecule has 0 aliphatic rings. The Labute approximate surface area is 114 Å². The first-order chi connectivity index (χ1) is 8.38. The third-order valence-electron chi connectivity index (χ3n) is 2.62. The second-order valence-electron chi connectivity index (χ2n) is 4.33. The highest BCUT2D eigenvalue weighted by atomic mass is 79.9. The van der Waals surface area contributed by atoms with Gasteiger partial charge in [0.25, 0.3) is 0 Å². The summed E-state index contributed by atoms with van der Waals surface area (Å²) in [6, 6.07) is 6.04. The van der Waals surface area contributed by atoms with Crippen molar-refractivity contribution in [2.45, 2.75) is 38.9 Å². The van der Waals surface area contributed by atoms with Gasteiger partial charge in [-0.15, -0.1) is 0 Å². The zero-order chi connectivity index (χ0) is 13.6. The van der Waals surface area contributed by atoms with Crippen LogP contribution in [0.5, 0.6) is 0 Å². The maximum absolute atomic E-state index is 11.9. The van der Waals surface area contributed by atoms with Crippen molar-refractivity contribution in [3.05, 3.63) is 33.8 Å². The Balaban J connectivity index is 2.16. The van der Waals surface area contributed by atoms with Crippen LogP contribution in [0.2, 0.25) is 0 Å². The van der Waals surface area contributed by atoms with Gasteiger partial charge < -0.3 is 5.32 Å². The summed E-state index contributed by atoms with van der Waals surface area (Å²) >= 11 is 3.42. The van der Waals surface area contributed by atoms with E-state index in [0.29, 0.717) is 19.5 Å². The minimum atomic E-state index is -4.02. The third-order valence-corrected chi connectivity index (χ3v) is 3.51. The molecule has 0 bridgehead atoms. The molecule has 0 radical (unpaired) electrons. The Morgan fingerprint density at radius 3 is 2.56 bits per heavy atom. The average molecular weight is 324 g/mol. The number of alkyl halides is 3. The summed E-state index contributed by atoms with van der Waals surface area (Å²) in [5, 5.41) is 3.15. The molecule has 0 spiro atoms. The molecule has 0 fully saturated rings. The monoisotopic (exact) mass is 323 g/mol. The molecule has 0 aliphatic carbocycles. The van der Waals surface area contributed by atoms with Crippen LogP contribution in [0.1, 0.15) is 30.4 Å². The Bertz CT molecular complexity index is 377. The molecule has 5 heteroatoms. The standard InChI is InChI=1S/C13H17BrF3N/c1-10-8-11(4-5-12(10)14)9-18-7-3-2-6-13(15,16)17/h4-5,8,18H,2-3,6-7,9H2,1H3. The first kappa shape index (κ1) is 15.5. The molecule has 0 aliphatic heterocycles. The van der Waals surface area contributed by atoms with E-state index in [2.05, 4.69) is 27.3 Å². The van der Waals surface area contributed by atoms with Crippen molar-refractivity contribution in [3.63, 3.8) is 0 Å². The second-order valence-corrected chi connectivity index (χ2v) is 5.19. The Kier molecular flexibility index (Phi) is 6.15. The number of nitrogens with one attached hydrogen (secondary N) is 1. The number of hydrogen-bond acceptors (Lipinski definition) is 1. The van der Waals surface area contributed by atoms with E-state index in [0.717, 1.165) is 15.6 Å². The van der Waals surface area contributed by atoms with E-state index in [1.807, 2.05) is 19.1 Å². The predicted octanol–water partition coefficient (Wildman–Crippen LogP) is 4.58. The Morgan fingerprint density at radius 2 is 1.94 bits per heavy atom. The van der Waals surface area contributed by atoms with Crippen molar-refractivity contribution in [2.24, 2.45) is 0 Å². The molecule has 1 nitrogen and oxygen atoms in total. The van der Waals surface area contributed by atoms with Crippen molar-refractivity contribution in [1.82, 2.24) is 5.32 Å². The minimum absolute atomic E-state index is 0.190. The van der Waals surface area contributed by atoms with E-state index < -0.39 is 12.6 Å².